The molecule has 1 aromatic carbocycles. The molecule has 17 heavy (non-hydrogen) atoms. The molecule has 0 heterocycles. The van der Waals surface area contributed by atoms with E-state index in [1.165, 1.54) is 6.07 Å². The van der Waals surface area contributed by atoms with Gasteiger partial charge in [0.2, 0.25) is 0 Å². The van der Waals surface area contributed by atoms with E-state index in [9.17, 15) is 13.9 Å². The van der Waals surface area contributed by atoms with E-state index in [1.807, 2.05) is 11.8 Å². The monoisotopic (exact) mass is 243 g/mol. The summed E-state index contributed by atoms with van der Waals surface area (Å²) in [5, 5.41) is 9.71. The fraction of sp³-hybridized carbons (Fsp3) is 0.538. The van der Waals surface area contributed by atoms with Crippen LogP contribution in [0.25, 0.3) is 0 Å². The second-order valence-electron chi connectivity index (χ2n) is 4.85. The summed E-state index contributed by atoms with van der Waals surface area (Å²) in [5.41, 5.74) is -0.532. The molecule has 96 valence electrons. The van der Waals surface area contributed by atoms with Crippen molar-refractivity contribution in [2.24, 2.45) is 0 Å². The standard InChI is InChI=1S/C13H19F2NO/c1-4-16(9-13(2,3)17)8-10-7-11(14)5-6-12(10)15/h5-7,17H,4,8-9H2,1-3H3. The maximum absolute atomic E-state index is 13.4. The average Bonchev–Trinajstić information content (AvgIpc) is 2.20. The Morgan fingerprint density at radius 2 is 1.94 bits per heavy atom. The molecule has 1 rings (SSSR count). The van der Waals surface area contributed by atoms with E-state index < -0.39 is 17.2 Å². The summed E-state index contributed by atoms with van der Waals surface area (Å²) in [4.78, 5) is 1.87. The van der Waals surface area contributed by atoms with Crippen molar-refractivity contribution < 1.29 is 13.9 Å². The van der Waals surface area contributed by atoms with Crippen molar-refractivity contribution in [3.05, 3.63) is 35.4 Å². The smallest absolute Gasteiger partial charge is 0.127 e. The van der Waals surface area contributed by atoms with Crippen LogP contribution >= 0.6 is 0 Å². The molecule has 0 aromatic heterocycles. The number of benzene rings is 1. The lowest BCUT2D eigenvalue weighted by Gasteiger charge is -2.28. The van der Waals surface area contributed by atoms with Gasteiger partial charge in [0, 0.05) is 18.7 Å². The molecule has 0 saturated carbocycles. The van der Waals surface area contributed by atoms with E-state index in [0.29, 0.717) is 25.2 Å². The zero-order valence-corrected chi connectivity index (χ0v) is 10.5. The van der Waals surface area contributed by atoms with Crippen LogP contribution in [0.4, 0.5) is 8.78 Å². The van der Waals surface area contributed by atoms with Gasteiger partial charge in [-0.05, 0) is 38.6 Å². The van der Waals surface area contributed by atoms with Gasteiger partial charge in [-0.3, -0.25) is 4.90 Å². The van der Waals surface area contributed by atoms with Gasteiger partial charge in [-0.15, -0.1) is 0 Å². The summed E-state index contributed by atoms with van der Waals surface area (Å²) in [6.07, 6.45) is 0. The zero-order valence-electron chi connectivity index (χ0n) is 10.5. The predicted molar refractivity (Wildman–Crippen MR) is 63.6 cm³/mol. The number of hydrogen-bond acceptors (Lipinski definition) is 2. The fourth-order valence-corrected chi connectivity index (χ4v) is 1.73. The van der Waals surface area contributed by atoms with Crippen LogP contribution in [0, 0.1) is 11.6 Å². The van der Waals surface area contributed by atoms with E-state index in [-0.39, 0.29) is 0 Å². The Bertz CT molecular complexity index is 374. The molecule has 1 N–H and O–H groups in total. The summed E-state index contributed by atoms with van der Waals surface area (Å²) in [6.45, 7) is 6.68. The highest BCUT2D eigenvalue weighted by Crippen LogP contribution is 2.14. The van der Waals surface area contributed by atoms with Crippen molar-refractivity contribution in [2.45, 2.75) is 32.9 Å². The first-order valence-corrected chi connectivity index (χ1v) is 5.70. The number of hydrogen-bond donors (Lipinski definition) is 1. The van der Waals surface area contributed by atoms with Crippen LogP contribution < -0.4 is 0 Å². The Hall–Kier alpha value is -1.00. The first kappa shape index (κ1) is 14.1. The molecule has 0 spiro atoms. The average molecular weight is 243 g/mol. The normalized spacial score (nSPS) is 12.2. The van der Waals surface area contributed by atoms with Gasteiger partial charge in [-0.25, -0.2) is 8.78 Å². The van der Waals surface area contributed by atoms with Crippen LogP contribution in [0.15, 0.2) is 18.2 Å². The third kappa shape index (κ3) is 4.79. The number of rotatable bonds is 5. The van der Waals surface area contributed by atoms with Crippen molar-refractivity contribution in [3.63, 3.8) is 0 Å². The lowest BCUT2D eigenvalue weighted by Crippen LogP contribution is -2.38. The van der Waals surface area contributed by atoms with Crippen LogP contribution in [0.5, 0.6) is 0 Å². The summed E-state index contributed by atoms with van der Waals surface area (Å²) >= 11 is 0. The summed E-state index contributed by atoms with van der Waals surface area (Å²) in [6, 6.07) is 3.43. The minimum absolute atomic E-state index is 0.296. The number of nitrogens with zero attached hydrogens (tertiary/aromatic N) is 1. The minimum Gasteiger partial charge on any atom is -0.389 e. The van der Waals surface area contributed by atoms with Crippen LogP contribution in [0.3, 0.4) is 0 Å². The molecule has 0 atom stereocenters. The minimum atomic E-state index is -0.847. The number of halogens is 2. The maximum atomic E-state index is 13.4. The summed E-state index contributed by atoms with van der Waals surface area (Å²) in [5.74, 6) is -0.860. The lowest BCUT2D eigenvalue weighted by molar-refractivity contribution is 0.0350. The molecule has 0 aliphatic rings. The molecule has 2 nitrogen and oxygen atoms in total. The van der Waals surface area contributed by atoms with Crippen LogP contribution in [0.2, 0.25) is 0 Å². The van der Waals surface area contributed by atoms with Crippen molar-refractivity contribution in [3.8, 4) is 0 Å². The van der Waals surface area contributed by atoms with E-state index >= 15 is 0 Å². The van der Waals surface area contributed by atoms with E-state index in [2.05, 4.69) is 0 Å². The van der Waals surface area contributed by atoms with Gasteiger partial charge in [0.15, 0.2) is 0 Å². The molecule has 0 fully saturated rings. The third-order valence-corrected chi connectivity index (χ3v) is 2.46. The molecule has 0 saturated heterocycles. The molecule has 0 bridgehead atoms. The van der Waals surface area contributed by atoms with Crippen molar-refractivity contribution >= 4 is 0 Å². The molecular weight excluding hydrogens is 224 g/mol. The maximum Gasteiger partial charge on any atom is 0.127 e. The molecular formula is C13H19F2NO. The number of aliphatic hydroxyl groups is 1. The van der Waals surface area contributed by atoms with Gasteiger partial charge < -0.3 is 5.11 Å². The predicted octanol–water partition coefficient (Wildman–Crippen LogP) is 2.56. The van der Waals surface area contributed by atoms with Crippen molar-refractivity contribution in [1.29, 1.82) is 0 Å². The highest BCUT2D eigenvalue weighted by atomic mass is 19.1. The molecule has 0 radical (unpaired) electrons. The summed E-state index contributed by atoms with van der Waals surface area (Å²) in [7, 11) is 0. The summed E-state index contributed by atoms with van der Waals surface area (Å²) < 4.78 is 26.4. The quantitative estimate of drug-likeness (QED) is 0.859. The topological polar surface area (TPSA) is 23.5 Å². The number of likely N-dealkylation sites (N-methyl/N-ethyl adjacent to an activating group) is 1. The van der Waals surface area contributed by atoms with Crippen molar-refractivity contribution in [1.82, 2.24) is 4.90 Å². The third-order valence-electron chi connectivity index (χ3n) is 2.46. The second-order valence-corrected chi connectivity index (χ2v) is 4.85. The Balaban J connectivity index is 2.77. The fourth-order valence-electron chi connectivity index (χ4n) is 1.73. The van der Waals surface area contributed by atoms with E-state index in [4.69, 9.17) is 0 Å². The highest BCUT2D eigenvalue weighted by molar-refractivity contribution is 5.18. The molecule has 0 aliphatic heterocycles. The van der Waals surface area contributed by atoms with Gasteiger partial charge in [0.05, 0.1) is 5.60 Å². The first-order valence-electron chi connectivity index (χ1n) is 5.70. The van der Waals surface area contributed by atoms with Gasteiger partial charge in [0.1, 0.15) is 11.6 Å². The van der Waals surface area contributed by atoms with Gasteiger partial charge in [0.25, 0.3) is 0 Å². The first-order chi connectivity index (χ1) is 7.81. The largest absolute Gasteiger partial charge is 0.389 e. The van der Waals surface area contributed by atoms with Crippen LogP contribution in [0.1, 0.15) is 26.3 Å². The van der Waals surface area contributed by atoms with Gasteiger partial charge in [-0.1, -0.05) is 6.92 Å². The highest BCUT2D eigenvalue weighted by Gasteiger charge is 2.18. The van der Waals surface area contributed by atoms with Gasteiger partial charge in [-0.2, -0.15) is 0 Å². The Kier molecular flexibility index (Phi) is 4.60. The van der Waals surface area contributed by atoms with Gasteiger partial charge >= 0.3 is 0 Å². The molecule has 0 unspecified atom stereocenters. The molecule has 4 heteroatoms. The van der Waals surface area contributed by atoms with Crippen LogP contribution in [-0.4, -0.2) is 28.7 Å². The van der Waals surface area contributed by atoms with E-state index in [0.717, 1.165) is 12.1 Å². The Morgan fingerprint density at radius 1 is 1.29 bits per heavy atom. The Morgan fingerprint density at radius 3 is 2.47 bits per heavy atom. The molecule has 0 amide bonds. The van der Waals surface area contributed by atoms with Crippen molar-refractivity contribution in [2.75, 3.05) is 13.1 Å². The zero-order chi connectivity index (χ0) is 13.1. The van der Waals surface area contributed by atoms with Crippen LogP contribution in [-0.2, 0) is 6.54 Å². The SMILES string of the molecule is CCN(Cc1cc(F)ccc1F)CC(C)(C)O. The second kappa shape index (κ2) is 5.56. The van der Waals surface area contributed by atoms with E-state index in [1.54, 1.807) is 13.8 Å². The lowest BCUT2D eigenvalue weighted by atomic mass is 10.1. The Labute approximate surface area is 101 Å². The molecule has 0 aliphatic carbocycles. The molecule has 1 aromatic rings.